The number of non-ortho nitro benzene ring substituents is 1. The molecule has 31 heavy (non-hydrogen) atoms. The first kappa shape index (κ1) is 21.5. The molecular formula is C23H20N2O6. The number of aryl methyl sites for hydroxylation is 1. The number of nitrogens with zero attached hydrogens (tertiary/aromatic N) is 1. The number of amides is 1. The average Bonchev–Trinajstić information content (AvgIpc) is 2.78. The third-order valence-corrected chi connectivity index (χ3v) is 4.38. The lowest BCUT2D eigenvalue weighted by atomic mass is 10.2. The Morgan fingerprint density at radius 1 is 1.00 bits per heavy atom. The zero-order chi connectivity index (χ0) is 22.2. The minimum Gasteiger partial charge on any atom is -0.488 e. The van der Waals surface area contributed by atoms with Crippen molar-refractivity contribution in [3.05, 3.63) is 99.6 Å². The van der Waals surface area contributed by atoms with Crippen LogP contribution in [0.3, 0.4) is 0 Å². The molecular weight excluding hydrogens is 400 g/mol. The highest BCUT2D eigenvalue weighted by Crippen LogP contribution is 2.22. The molecule has 8 heteroatoms. The molecule has 0 saturated carbocycles. The molecule has 0 aromatic heterocycles. The highest BCUT2D eigenvalue weighted by Gasteiger charge is 2.17. The standard InChI is InChI=1S/C23H20N2O6/c1-16-11-12-18(25(28)29)13-20(16)24-22(26)15-31-23(27)19-9-5-6-10-21(19)30-14-17-7-3-2-4-8-17/h2-13H,14-15H2,1H3,(H,24,26). The van der Waals surface area contributed by atoms with E-state index >= 15 is 0 Å². The number of hydrogen-bond donors (Lipinski definition) is 1. The fourth-order valence-electron chi connectivity index (χ4n) is 2.75. The number of para-hydroxylation sites is 1. The van der Waals surface area contributed by atoms with Crippen molar-refractivity contribution in [3.63, 3.8) is 0 Å². The number of carbonyl (C=O) groups excluding carboxylic acids is 2. The van der Waals surface area contributed by atoms with E-state index in [2.05, 4.69) is 5.32 Å². The van der Waals surface area contributed by atoms with Crippen LogP contribution in [0.2, 0.25) is 0 Å². The number of carbonyl (C=O) groups is 2. The molecule has 0 heterocycles. The summed E-state index contributed by atoms with van der Waals surface area (Å²) in [4.78, 5) is 35.0. The Kier molecular flexibility index (Phi) is 6.95. The van der Waals surface area contributed by atoms with Crippen molar-refractivity contribution in [3.8, 4) is 5.75 Å². The van der Waals surface area contributed by atoms with Crippen LogP contribution in [-0.2, 0) is 16.1 Å². The Morgan fingerprint density at radius 2 is 1.71 bits per heavy atom. The number of hydrogen-bond acceptors (Lipinski definition) is 6. The molecule has 0 aliphatic rings. The van der Waals surface area contributed by atoms with Gasteiger partial charge in [-0.1, -0.05) is 48.5 Å². The molecule has 8 nitrogen and oxygen atoms in total. The van der Waals surface area contributed by atoms with Gasteiger partial charge < -0.3 is 14.8 Å². The van der Waals surface area contributed by atoms with Crippen LogP contribution < -0.4 is 10.1 Å². The first-order valence-corrected chi connectivity index (χ1v) is 9.42. The van der Waals surface area contributed by atoms with Gasteiger partial charge in [0.25, 0.3) is 11.6 Å². The van der Waals surface area contributed by atoms with Crippen LogP contribution in [0.5, 0.6) is 5.75 Å². The smallest absolute Gasteiger partial charge is 0.342 e. The summed E-state index contributed by atoms with van der Waals surface area (Å²) in [6.45, 7) is 1.43. The molecule has 3 aromatic carbocycles. The third kappa shape index (κ3) is 5.89. The quantitative estimate of drug-likeness (QED) is 0.331. The summed E-state index contributed by atoms with van der Waals surface area (Å²) in [6, 6.07) is 20.2. The van der Waals surface area contributed by atoms with Crippen molar-refractivity contribution in [1.29, 1.82) is 0 Å². The summed E-state index contributed by atoms with van der Waals surface area (Å²) in [5.74, 6) is -0.986. The summed E-state index contributed by atoms with van der Waals surface area (Å²) < 4.78 is 10.8. The second-order valence-electron chi connectivity index (χ2n) is 6.65. The van der Waals surface area contributed by atoms with Gasteiger partial charge in [0.15, 0.2) is 6.61 Å². The fourth-order valence-corrected chi connectivity index (χ4v) is 2.75. The van der Waals surface area contributed by atoms with Crippen molar-refractivity contribution in [2.24, 2.45) is 0 Å². The Bertz CT molecular complexity index is 1100. The summed E-state index contributed by atoms with van der Waals surface area (Å²) in [7, 11) is 0. The lowest BCUT2D eigenvalue weighted by Crippen LogP contribution is -2.21. The van der Waals surface area contributed by atoms with Gasteiger partial charge in [-0.2, -0.15) is 0 Å². The molecule has 3 aromatic rings. The number of nitrogens with one attached hydrogen (secondary N) is 1. The van der Waals surface area contributed by atoms with Gasteiger partial charge in [0.2, 0.25) is 0 Å². The first-order valence-electron chi connectivity index (χ1n) is 9.42. The Balaban J connectivity index is 1.60. The Hall–Kier alpha value is -4.20. The molecule has 3 rings (SSSR count). The van der Waals surface area contributed by atoms with E-state index in [0.717, 1.165) is 5.56 Å². The van der Waals surface area contributed by atoms with Crippen molar-refractivity contribution in [2.75, 3.05) is 11.9 Å². The van der Waals surface area contributed by atoms with Gasteiger partial charge in [-0.3, -0.25) is 14.9 Å². The van der Waals surface area contributed by atoms with Crippen molar-refractivity contribution < 1.29 is 24.0 Å². The van der Waals surface area contributed by atoms with Gasteiger partial charge in [0, 0.05) is 12.1 Å². The van der Waals surface area contributed by atoms with Crippen molar-refractivity contribution in [1.82, 2.24) is 0 Å². The van der Waals surface area contributed by atoms with Crippen LogP contribution in [0.25, 0.3) is 0 Å². The largest absolute Gasteiger partial charge is 0.488 e. The van der Waals surface area contributed by atoms with Crippen molar-refractivity contribution in [2.45, 2.75) is 13.5 Å². The zero-order valence-electron chi connectivity index (χ0n) is 16.7. The SMILES string of the molecule is Cc1ccc([N+](=O)[O-])cc1NC(=O)COC(=O)c1ccccc1OCc1ccccc1. The monoisotopic (exact) mass is 420 g/mol. The van der Waals surface area contributed by atoms with E-state index in [4.69, 9.17) is 9.47 Å². The molecule has 158 valence electrons. The fraction of sp³-hybridized carbons (Fsp3) is 0.130. The number of nitro benzene ring substituents is 1. The highest BCUT2D eigenvalue weighted by atomic mass is 16.6. The molecule has 0 spiro atoms. The van der Waals surface area contributed by atoms with Gasteiger partial charge in [0.1, 0.15) is 17.9 Å². The van der Waals surface area contributed by atoms with Crippen LogP contribution in [-0.4, -0.2) is 23.4 Å². The molecule has 0 unspecified atom stereocenters. The summed E-state index contributed by atoms with van der Waals surface area (Å²) in [5, 5.41) is 13.4. The first-order chi connectivity index (χ1) is 14.9. The minimum absolute atomic E-state index is 0.151. The third-order valence-electron chi connectivity index (χ3n) is 4.38. The van der Waals surface area contributed by atoms with Gasteiger partial charge >= 0.3 is 5.97 Å². The number of esters is 1. The molecule has 1 amide bonds. The Morgan fingerprint density at radius 3 is 2.45 bits per heavy atom. The summed E-state index contributed by atoms with van der Waals surface area (Å²) in [5.41, 5.74) is 1.91. The van der Waals surface area contributed by atoms with Crippen LogP contribution in [0.4, 0.5) is 11.4 Å². The topological polar surface area (TPSA) is 108 Å². The van der Waals surface area contributed by atoms with E-state index in [-0.39, 0.29) is 23.5 Å². The van der Waals surface area contributed by atoms with E-state index in [9.17, 15) is 19.7 Å². The lowest BCUT2D eigenvalue weighted by molar-refractivity contribution is -0.384. The molecule has 0 bridgehead atoms. The maximum atomic E-state index is 12.5. The van der Waals surface area contributed by atoms with E-state index in [1.165, 1.54) is 18.2 Å². The van der Waals surface area contributed by atoms with E-state index < -0.39 is 23.4 Å². The molecule has 0 fully saturated rings. The number of anilines is 1. The van der Waals surface area contributed by atoms with Crippen LogP contribution in [0.15, 0.2) is 72.8 Å². The normalized spacial score (nSPS) is 10.2. The van der Waals surface area contributed by atoms with E-state index in [1.807, 2.05) is 30.3 Å². The predicted molar refractivity (Wildman–Crippen MR) is 114 cm³/mol. The number of benzene rings is 3. The lowest BCUT2D eigenvalue weighted by Gasteiger charge is -2.12. The van der Waals surface area contributed by atoms with Crippen LogP contribution in [0.1, 0.15) is 21.5 Å². The number of rotatable bonds is 8. The number of ether oxygens (including phenoxy) is 2. The van der Waals surface area contributed by atoms with Crippen molar-refractivity contribution >= 4 is 23.3 Å². The molecule has 0 saturated heterocycles. The van der Waals surface area contributed by atoms with Gasteiger partial charge in [-0.15, -0.1) is 0 Å². The minimum atomic E-state index is -0.713. The van der Waals surface area contributed by atoms with Gasteiger partial charge in [0.05, 0.1) is 10.6 Å². The van der Waals surface area contributed by atoms with E-state index in [0.29, 0.717) is 11.3 Å². The second kappa shape index (κ2) is 10.0. The van der Waals surface area contributed by atoms with Gasteiger partial charge in [-0.05, 0) is 30.2 Å². The Labute approximate surface area is 178 Å². The van der Waals surface area contributed by atoms with E-state index in [1.54, 1.807) is 31.2 Å². The molecule has 0 aliphatic heterocycles. The maximum Gasteiger partial charge on any atom is 0.342 e. The molecule has 0 atom stereocenters. The predicted octanol–water partition coefficient (Wildman–Crippen LogP) is 4.28. The van der Waals surface area contributed by atoms with Crippen LogP contribution >= 0.6 is 0 Å². The molecule has 0 aliphatic carbocycles. The second-order valence-corrected chi connectivity index (χ2v) is 6.65. The highest BCUT2D eigenvalue weighted by molar-refractivity contribution is 5.97. The van der Waals surface area contributed by atoms with Gasteiger partial charge in [-0.25, -0.2) is 4.79 Å². The zero-order valence-corrected chi connectivity index (χ0v) is 16.7. The molecule has 0 radical (unpaired) electrons. The molecule has 1 N–H and O–H groups in total. The maximum absolute atomic E-state index is 12.5. The van der Waals surface area contributed by atoms with Crippen LogP contribution in [0, 0.1) is 17.0 Å². The number of nitro groups is 1. The summed E-state index contributed by atoms with van der Waals surface area (Å²) >= 11 is 0. The summed E-state index contributed by atoms with van der Waals surface area (Å²) in [6.07, 6.45) is 0. The average molecular weight is 420 g/mol.